The summed E-state index contributed by atoms with van der Waals surface area (Å²) in [5.41, 5.74) is 2.24. The molecule has 0 fully saturated rings. The zero-order chi connectivity index (χ0) is 19.7. The normalized spacial score (nSPS) is 15.1. The molecule has 4 nitrogen and oxygen atoms in total. The monoisotopic (exact) mass is 389 g/mol. The number of nitrogens with zero attached hydrogens (tertiary/aromatic N) is 1. The van der Waals surface area contributed by atoms with Gasteiger partial charge in [-0.15, -0.1) is 11.3 Å². The lowest BCUT2D eigenvalue weighted by molar-refractivity contribution is -0.112. The van der Waals surface area contributed by atoms with Crippen molar-refractivity contribution in [1.82, 2.24) is 0 Å². The van der Waals surface area contributed by atoms with Gasteiger partial charge in [0.05, 0.1) is 12.3 Å². The summed E-state index contributed by atoms with van der Waals surface area (Å²) in [4.78, 5) is 29.8. The molecular formula is C23H19NO3S. The average Bonchev–Trinajstić information content (AvgIpc) is 3.12. The van der Waals surface area contributed by atoms with Crippen molar-refractivity contribution in [3.63, 3.8) is 0 Å². The zero-order valence-corrected chi connectivity index (χ0v) is 16.5. The van der Waals surface area contributed by atoms with Crippen LogP contribution in [0.2, 0.25) is 0 Å². The SMILES string of the molecule is CCOc1ccc(N2C(=O)C(=Cc3ccc(C)s3)c3ccccc3C2=O)cc1. The Bertz CT molecular complexity index is 1080. The van der Waals surface area contributed by atoms with Gasteiger partial charge in [-0.05, 0) is 62.4 Å². The van der Waals surface area contributed by atoms with Crippen LogP contribution < -0.4 is 9.64 Å². The molecule has 0 bridgehead atoms. The number of anilines is 1. The van der Waals surface area contributed by atoms with Crippen molar-refractivity contribution in [2.45, 2.75) is 13.8 Å². The topological polar surface area (TPSA) is 46.6 Å². The summed E-state index contributed by atoms with van der Waals surface area (Å²) in [7, 11) is 0. The molecule has 28 heavy (non-hydrogen) atoms. The lowest BCUT2D eigenvalue weighted by atomic mass is 9.92. The third-order valence-corrected chi connectivity index (χ3v) is 5.49. The number of fused-ring (bicyclic) bond motifs is 1. The van der Waals surface area contributed by atoms with E-state index < -0.39 is 0 Å². The summed E-state index contributed by atoms with van der Waals surface area (Å²) >= 11 is 1.61. The van der Waals surface area contributed by atoms with E-state index in [4.69, 9.17) is 4.74 Å². The fourth-order valence-corrected chi connectivity index (χ4v) is 4.08. The molecule has 2 amide bonds. The van der Waals surface area contributed by atoms with Crippen molar-refractivity contribution in [3.8, 4) is 5.75 Å². The summed E-state index contributed by atoms with van der Waals surface area (Å²) in [6.07, 6.45) is 1.87. The molecule has 1 aliphatic heterocycles. The zero-order valence-electron chi connectivity index (χ0n) is 15.6. The van der Waals surface area contributed by atoms with E-state index in [2.05, 4.69) is 0 Å². The van der Waals surface area contributed by atoms with Gasteiger partial charge in [0.15, 0.2) is 0 Å². The second-order valence-electron chi connectivity index (χ2n) is 6.42. The van der Waals surface area contributed by atoms with Crippen molar-refractivity contribution < 1.29 is 14.3 Å². The molecule has 0 N–H and O–H groups in total. The number of hydrogen-bond donors (Lipinski definition) is 0. The molecular weight excluding hydrogens is 370 g/mol. The van der Waals surface area contributed by atoms with Crippen molar-refractivity contribution in [2.75, 3.05) is 11.5 Å². The molecule has 0 unspecified atom stereocenters. The van der Waals surface area contributed by atoms with Gasteiger partial charge < -0.3 is 4.74 Å². The van der Waals surface area contributed by atoms with E-state index in [9.17, 15) is 9.59 Å². The van der Waals surface area contributed by atoms with E-state index in [0.717, 1.165) is 4.88 Å². The van der Waals surface area contributed by atoms with Crippen LogP contribution in [0.25, 0.3) is 11.6 Å². The molecule has 0 saturated heterocycles. The number of benzene rings is 2. The first-order valence-corrected chi connectivity index (χ1v) is 9.89. The summed E-state index contributed by atoms with van der Waals surface area (Å²) < 4.78 is 5.46. The fourth-order valence-electron chi connectivity index (χ4n) is 3.26. The fraction of sp³-hybridized carbons (Fsp3) is 0.130. The van der Waals surface area contributed by atoms with Gasteiger partial charge in [0.1, 0.15) is 5.75 Å². The maximum absolute atomic E-state index is 13.3. The number of rotatable bonds is 4. The Balaban J connectivity index is 1.82. The van der Waals surface area contributed by atoms with Crippen LogP contribution in [-0.2, 0) is 4.79 Å². The Labute approximate surface area is 167 Å². The summed E-state index contributed by atoms with van der Waals surface area (Å²) in [6.45, 7) is 4.49. The van der Waals surface area contributed by atoms with Crippen LogP contribution in [0.4, 0.5) is 5.69 Å². The standard InChI is InChI=1S/C23H19NO3S/c1-3-27-17-11-9-16(10-12-17)24-22(25)20-7-5-4-6-19(20)21(23(24)26)14-18-13-8-15(2)28-18/h4-14H,3H2,1-2H3. The van der Waals surface area contributed by atoms with Crippen LogP contribution in [0.15, 0.2) is 60.7 Å². The minimum Gasteiger partial charge on any atom is -0.494 e. The second kappa shape index (κ2) is 7.44. The van der Waals surface area contributed by atoms with Gasteiger partial charge in [-0.3, -0.25) is 9.59 Å². The summed E-state index contributed by atoms with van der Waals surface area (Å²) in [6, 6.07) is 18.3. The predicted octanol–water partition coefficient (Wildman–Crippen LogP) is 5.18. The Morgan fingerprint density at radius 3 is 2.29 bits per heavy atom. The number of carbonyl (C=O) groups excluding carboxylic acids is 2. The Hall–Kier alpha value is -3.18. The van der Waals surface area contributed by atoms with Gasteiger partial charge >= 0.3 is 0 Å². The van der Waals surface area contributed by atoms with E-state index >= 15 is 0 Å². The first kappa shape index (κ1) is 18.2. The molecule has 0 saturated carbocycles. The highest BCUT2D eigenvalue weighted by atomic mass is 32.1. The van der Waals surface area contributed by atoms with Crippen LogP contribution in [0, 0.1) is 6.92 Å². The van der Waals surface area contributed by atoms with Gasteiger partial charge in [0.2, 0.25) is 0 Å². The quantitative estimate of drug-likeness (QED) is 0.456. The third kappa shape index (κ3) is 3.25. The van der Waals surface area contributed by atoms with Crippen LogP contribution in [0.5, 0.6) is 5.75 Å². The molecule has 0 aliphatic carbocycles. The Morgan fingerprint density at radius 1 is 0.929 bits per heavy atom. The maximum atomic E-state index is 13.3. The van der Waals surface area contributed by atoms with Crippen molar-refractivity contribution in [1.29, 1.82) is 0 Å². The van der Waals surface area contributed by atoms with E-state index in [1.165, 1.54) is 9.78 Å². The van der Waals surface area contributed by atoms with E-state index in [-0.39, 0.29) is 11.8 Å². The first-order chi connectivity index (χ1) is 13.6. The van der Waals surface area contributed by atoms with Crippen molar-refractivity contribution >= 4 is 40.5 Å². The lowest BCUT2D eigenvalue weighted by Crippen LogP contribution is -2.41. The number of thiophene rings is 1. The predicted molar refractivity (Wildman–Crippen MR) is 113 cm³/mol. The van der Waals surface area contributed by atoms with E-state index in [0.29, 0.717) is 34.7 Å². The molecule has 3 aromatic rings. The summed E-state index contributed by atoms with van der Waals surface area (Å²) in [5.74, 6) is 0.0663. The van der Waals surface area contributed by atoms with Gasteiger partial charge in [0.25, 0.3) is 11.8 Å². The van der Waals surface area contributed by atoms with E-state index in [1.54, 1.807) is 41.7 Å². The highest BCUT2D eigenvalue weighted by Gasteiger charge is 2.35. The van der Waals surface area contributed by atoms with Gasteiger partial charge in [0, 0.05) is 26.5 Å². The molecule has 0 spiro atoms. The highest BCUT2D eigenvalue weighted by molar-refractivity contribution is 7.12. The van der Waals surface area contributed by atoms with Crippen LogP contribution in [0.3, 0.4) is 0 Å². The molecule has 2 aromatic carbocycles. The second-order valence-corrected chi connectivity index (χ2v) is 7.74. The smallest absolute Gasteiger partial charge is 0.266 e. The Kier molecular flexibility index (Phi) is 4.84. The van der Waals surface area contributed by atoms with Gasteiger partial charge in [-0.25, -0.2) is 4.90 Å². The van der Waals surface area contributed by atoms with Crippen LogP contribution in [0.1, 0.15) is 32.6 Å². The minimum atomic E-state index is -0.320. The minimum absolute atomic E-state index is 0.315. The number of imide groups is 1. The molecule has 1 aromatic heterocycles. The molecule has 4 rings (SSSR count). The highest BCUT2D eigenvalue weighted by Crippen LogP contribution is 2.34. The lowest BCUT2D eigenvalue weighted by Gasteiger charge is -2.28. The number of amides is 2. The van der Waals surface area contributed by atoms with Crippen molar-refractivity contribution in [2.24, 2.45) is 0 Å². The first-order valence-electron chi connectivity index (χ1n) is 9.07. The molecule has 140 valence electrons. The Morgan fingerprint density at radius 2 is 1.64 bits per heavy atom. The molecule has 2 heterocycles. The van der Waals surface area contributed by atoms with Crippen LogP contribution >= 0.6 is 11.3 Å². The average molecular weight is 389 g/mol. The van der Waals surface area contributed by atoms with Crippen molar-refractivity contribution in [3.05, 3.63) is 81.5 Å². The van der Waals surface area contributed by atoms with Gasteiger partial charge in [-0.1, -0.05) is 18.2 Å². The number of carbonyl (C=O) groups is 2. The molecule has 1 aliphatic rings. The van der Waals surface area contributed by atoms with Gasteiger partial charge in [-0.2, -0.15) is 0 Å². The number of aryl methyl sites for hydroxylation is 1. The number of hydrogen-bond acceptors (Lipinski definition) is 4. The molecule has 0 radical (unpaired) electrons. The molecule has 5 heteroatoms. The third-order valence-electron chi connectivity index (χ3n) is 4.54. The van der Waals surface area contributed by atoms with E-state index in [1.807, 2.05) is 50.3 Å². The maximum Gasteiger partial charge on any atom is 0.266 e. The van der Waals surface area contributed by atoms with Crippen LogP contribution in [-0.4, -0.2) is 18.4 Å². The largest absolute Gasteiger partial charge is 0.494 e. The molecule has 0 atom stereocenters. The number of ether oxygens (including phenoxy) is 1. The summed E-state index contributed by atoms with van der Waals surface area (Å²) in [5, 5.41) is 0.